The summed E-state index contributed by atoms with van der Waals surface area (Å²) in [6.07, 6.45) is 0.301. The van der Waals surface area contributed by atoms with Crippen LogP contribution in [-0.2, 0) is 16.0 Å². The van der Waals surface area contributed by atoms with Crippen LogP contribution >= 0.6 is 0 Å². The molecular weight excluding hydrogens is 210 g/mol. The zero-order valence-corrected chi connectivity index (χ0v) is 8.93. The summed E-state index contributed by atoms with van der Waals surface area (Å²) in [5, 5.41) is 11.3. The molecule has 0 saturated carbocycles. The van der Waals surface area contributed by atoms with Crippen molar-refractivity contribution in [2.45, 2.75) is 19.4 Å². The third-order valence-corrected chi connectivity index (χ3v) is 1.96. The summed E-state index contributed by atoms with van der Waals surface area (Å²) in [7, 11) is 0. The Morgan fingerprint density at radius 2 is 1.88 bits per heavy atom. The van der Waals surface area contributed by atoms with Crippen molar-refractivity contribution in [3.8, 4) is 0 Å². The predicted octanol–water partition coefficient (Wildman–Crippen LogP) is -0.00630. The second kappa shape index (κ2) is 6.58. The minimum atomic E-state index is -1.02. The molecule has 5 heteroatoms. The number of carboxylic acid groups (broad SMARTS) is 1. The maximum atomic E-state index is 10.8. The second-order valence-electron chi connectivity index (χ2n) is 3.28. The summed E-state index contributed by atoms with van der Waals surface area (Å²) in [6, 6.07) is 8.34. The first-order valence-corrected chi connectivity index (χ1v) is 4.63. The van der Waals surface area contributed by atoms with Crippen LogP contribution < -0.4 is 5.32 Å². The highest BCUT2D eigenvalue weighted by Crippen LogP contribution is 2.03. The number of benzene rings is 1. The molecule has 0 radical (unpaired) electrons. The molecule has 0 heterocycles. The van der Waals surface area contributed by atoms with Gasteiger partial charge in [-0.2, -0.15) is 0 Å². The third-order valence-electron chi connectivity index (χ3n) is 1.96. The highest BCUT2D eigenvalue weighted by Gasteiger charge is 2.18. The first-order valence-electron chi connectivity index (χ1n) is 4.63. The van der Waals surface area contributed by atoms with Gasteiger partial charge < -0.3 is 15.9 Å². The van der Waals surface area contributed by atoms with Crippen LogP contribution in [0.25, 0.3) is 0 Å². The van der Waals surface area contributed by atoms with Gasteiger partial charge in [0.1, 0.15) is 6.04 Å². The standard InChI is InChI=1S/C11H13NO3.H2O/c1-8(13)12-10(11(14)15)7-9-5-3-2-4-6-9;/h2-6,10H,7H2,1H3,(H,12,13)(H,14,15);1H2/t10-;/m0./s1. The molecule has 5 nitrogen and oxygen atoms in total. The normalized spacial score (nSPS) is 11.1. The van der Waals surface area contributed by atoms with Gasteiger partial charge in [-0.25, -0.2) is 4.79 Å². The van der Waals surface area contributed by atoms with Gasteiger partial charge >= 0.3 is 5.97 Å². The Balaban J connectivity index is 0.00000225. The Morgan fingerprint density at radius 1 is 1.31 bits per heavy atom. The van der Waals surface area contributed by atoms with Crippen molar-refractivity contribution in [3.05, 3.63) is 35.9 Å². The van der Waals surface area contributed by atoms with Gasteiger partial charge in [0.25, 0.3) is 0 Å². The lowest BCUT2D eigenvalue weighted by Gasteiger charge is -2.12. The zero-order valence-electron chi connectivity index (χ0n) is 8.93. The smallest absolute Gasteiger partial charge is 0.326 e. The molecule has 0 bridgehead atoms. The number of carbonyl (C=O) groups is 2. The fourth-order valence-electron chi connectivity index (χ4n) is 1.30. The van der Waals surface area contributed by atoms with Gasteiger partial charge in [-0.3, -0.25) is 4.79 Å². The van der Waals surface area contributed by atoms with Gasteiger partial charge in [0.15, 0.2) is 0 Å². The molecule has 0 spiro atoms. The number of carboxylic acids is 1. The van der Waals surface area contributed by atoms with Crippen LogP contribution in [0, 0.1) is 0 Å². The first-order chi connectivity index (χ1) is 7.09. The van der Waals surface area contributed by atoms with Gasteiger partial charge in [0.05, 0.1) is 0 Å². The van der Waals surface area contributed by atoms with Crippen LogP contribution in [0.4, 0.5) is 0 Å². The fraction of sp³-hybridized carbons (Fsp3) is 0.273. The maximum absolute atomic E-state index is 10.8. The lowest BCUT2D eigenvalue weighted by molar-refractivity contribution is -0.141. The van der Waals surface area contributed by atoms with Crippen molar-refractivity contribution in [1.82, 2.24) is 5.32 Å². The summed E-state index contributed by atoms with van der Waals surface area (Å²) in [5.41, 5.74) is 0.888. The monoisotopic (exact) mass is 225 g/mol. The van der Waals surface area contributed by atoms with Crippen LogP contribution in [0.2, 0.25) is 0 Å². The van der Waals surface area contributed by atoms with E-state index in [0.29, 0.717) is 6.42 Å². The van der Waals surface area contributed by atoms with E-state index in [-0.39, 0.29) is 11.4 Å². The molecule has 16 heavy (non-hydrogen) atoms. The quantitative estimate of drug-likeness (QED) is 0.754. The van der Waals surface area contributed by atoms with Crippen molar-refractivity contribution < 1.29 is 20.2 Å². The van der Waals surface area contributed by atoms with E-state index in [4.69, 9.17) is 5.11 Å². The molecular formula is C11H15NO4. The lowest BCUT2D eigenvalue weighted by Crippen LogP contribution is -2.41. The van der Waals surface area contributed by atoms with Gasteiger partial charge in [0, 0.05) is 13.3 Å². The maximum Gasteiger partial charge on any atom is 0.326 e. The Morgan fingerprint density at radius 3 is 2.31 bits per heavy atom. The van der Waals surface area contributed by atoms with Gasteiger partial charge in [-0.05, 0) is 5.56 Å². The van der Waals surface area contributed by atoms with Gasteiger partial charge in [-0.15, -0.1) is 0 Å². The van der Waals surface area contributed by atoms with Crippen LogP contribution in [0.1, 0.15) is 12.5 Å². The van der Waals surface area contributed by atoms with E-state index in [1.54, 1.807) is 0 Å². The SMILES string of the molecule is CC(=O)N[C@@H](Cc1ccccc1)C(=O)O.O. The number of amides is 1. The molecule has 1 aromatic carbocycles. The molecule has 1 aromatic rings. The van der Waals surface area contributed by atoms with E-state index in [1.807, 2.05) is 30.3 Å². The number of nitrogens with one attached hydrogen (secondary N) is 1. The number of aliphatic carboxylic acids is 1. The number of carbonyl (C=O) groups excluding carboxylic acids is 1. The van der Waals surface area contributed by atoms with E-state index < -0.39 is 12.0 Å². The fourth-order valence-corrected chi connectivity index (χ4v) is 1.30. The Bertz CT molecular complexity index is 350. The minimum absolute atomic E-state index is 0. The summed E-state index contributed by atoms with van der Waals surface area (Å²) < 4.78 is 0. The van der Waals surface area contributed by atoms with Crippen molar-refractivity contribution >= 4 is 11.9 Å². The van der Waals surface area contributed by atoms with Crippen LogP contribution in [0.15, 0.2) is 30.3 Å². The molecule has 0 aromatic heterocycles. The summed E-state index contributed by atoms with van der Waals surface area (Å²) in [6.45, 7) is 1.31. The molecule has 0 unspecified atom stereocenters. The molecule has 0 fully saturated rings. The summed E-state index contributed by atoms with van der Waals surface area (Å²) in [5.74, 6) is -1.35. The number of hydrogen-bond acceptors (Lipinski definition) is 2. The molecule has 1 rings (SSSR count). The Labute approximate surface area is 93.4 Å². The summed E-state index contributed by atoms with van der Waals surface area (Å²) >= 11 is 0. The van der Waals surface area contributed by atoms with Crippen molar-refractivity contribution in [3.63, 3.8) is 0 Å². The van der Waals surface area contributed by atoms with E-state index >= 15 is 0 Å². The van der Waals surface area contributed by atoms with Crippen LogP contribution in [-0.4, -0.2) is 28.5 Å². The highest BCUT2D eigenvalue weighted by atomic mass is 16.4. The second-order valence-corrected chi connectivity index (χ2v) is 3.28. The first kappa shape index (κ1) is 14.1. The van der Waals surface area contributed by atoms with Crippen molar-refractivity contribution in [1.29, 1.82) is 0 Å². The average Bonchev–Trinajstić information content (AvgIpc) is 2.17. The topological polar surface area (TPSA) is 97.9 Å². The minimum Gasteiger partial charge on any atom is -0.480 e. The third kappa shape index (κ3) is 4.56. The van der Waals surface area contributed by atoms with Crippen LogP contribution in [0.5, 0.6) is 0 Å². The molecule has 0 saturated heterocycles. The molecule has 1 atom stereocenters. The van der Waals surface area contributed by atoms with Gasteiger partial charge in [0.2, 0.25) is 5.91 Å². The van der Waals surface area contributed by atoms with Crippen molar-refractivity contribution in [2.24, 2.45) is 0 Å². The molecule has 4 N–H and O–H groups in total. The average molecular weight is 225 g/mol. The predicted molar refractivity (Wildman–Crippen MR) is 59.0 cm³/mol. The molecule has 0 aliphatic carbocycles. The Kier molecular flexibility index (Phi) is 5.80. The zero-order chi connectivity index (χ0) is 11.3. The van der Waals surface area contributed by atoms with Gasteiger partial charge in [-0.1, -0.05) is 30.3 Å². The van der Waals surface area contributed by atoms with E-state index in [0.717, 1.165) is 5.56 Å². The summed E-state index contributed by atoms with van der Waals surface area (Å²) in [4.78, 5) is 21.6. The van der Waals surface area contributed by atoms with E-state index in [1.165, 1.54) is 6.92 Å². The molecule has 88 valence electrons. The highest BCUT2D eigenvalue weighted by molar-refractivity contribution is 5.82. The molecule has 1 amide bonds. The van der Waals surface area contributed by atoms with Crippen molar-refractivity contribution in [2.75, 3.05) is 0 Å². The van der Waals surface area contributed by atoms with Crippen LogP contribution in [0.3, 0.4) is 0 Å². The lowest BCUT2D eigenvalue weighted by atomic mass is 10.1. The van der Waals surface area contributed by atoms with E-state index in [2.05, 4.69) is 5.32 Å². The van der Waals surface area contributed by atoms with E-state index in [9.17, 15) is 9.59 Å². The Hall–Kier alpha value is -1.88. The number of rotatable bonds is 4. The molecule has 0 aliphatic heterocycles. The molecule has 0 aliphatic rings. The number of hydrogen-bond donors (Lipinski definition) is 2. The largest absolute Gasteiger partial charge is 0.480 e.